The quantitative estimate of drug-likeness (QED) is 0.743. The first kappa shape index (κ1) is 14.8. The maximum atomic E-state index is 11.2. The third-order valence-corrected chi connectivity index (χ3v) is 3.01. The number of rotatable bonds is 6. The molecule has 0 aliphatic heterocycles. The molecular formula is C14H20ClNO2. The fourth-order valence-electron chi connectivity index (χ4n) is 1.48. The summed E-state index contributed by atoms with van der Waals surface area (Å²) in [6, 6.07) is 8.04. The maximum Gasteiger partial charge on any atom is 0.237 e. The summed E-state index contributed by atoms with van der Waals surface area (Å²) in [5.41, 5.74) is 1.29. The lowest BCUT2D eigenvalue weighted by Crippen LogP contribution is -2.31. The summed E-state index contributed by atoms with van der Waals surface area (Å²) in [4.78, 5) is 12.8. The van der Waals surface area contributed by atoms with Crippen molar-refractivity contribution in [2.75, 3.05) is 26.1 Å². The molecule has 100 valence electrons. The van der Waals surface area contributed by atoms with Gasteiger partial charge >= 0.3 is 0 Å². The zero-order chi connectivity index (χ0) is 13.5. The van der Waals surface area contributed by atoms with Gasteiger partial charge in [0, 0.05) is 7.05 Å². The number of nitrogens with zero attached hydrogens (tertiary/aromatic N) is 1. The predicted molar refractivity (Wildman–Crippen MR) is 74.4 cm³/mol. The fraction of sp³-hybridized carbons (Fsp3) is 0.500. The summed E-state index contributed by atoms with van der Waals surface area (Å²) in [6.07, 6.45) is 0. The summed E-state index contributed by atoms with van der Waals surface area (Å²) >= 11 is 5.46. The average molecular weight is 270 g/mol. The number of likely N-dealkylation sites (N-methyl/N-ethyl adjacent to an activating group) is 1. The largest absolute Gasteiger partial charge is 0.492 e. The molecule has 0 aliphatic rings. The van der Waals surface area contributed by atoms with Crippen LogP contribution in [0.25, 0.3) is 0 Å². The minimum absolute atomic E-state index is 0.0135. The van der Waals surface area contributed by atoms with Gasteiger partial charge in [0.1, 0.15) is 18.2 Å². The number of ether oxygens (including phenoxy) is 1. The summed E-state index contributed by atoms with van der Waals surface area (Å²) in [5, 5.41) is 0. The molecule has 0 saturated heterocycles. The zero-order valence-electron chi connectivity index (χ0n) is 11.1. The van der Waals surface area contributed by atoms with Crippen molar-refractivity contribution >= 4 is 17.5 Å². The number of amides is 1. The Morgan fingerprint density at radius 1 is 1.33 bits per heavy atom. The van der Waals surface area contributed by atoms with Crippen LogP contribution in [0.1, 0.15) is 25.3 Å². The molecule has 0 atom stereocenters. The lowest BCUT2D eigenvalue weighted by molar-refractivity contribution is -0.127. The minimum atomic E-state index is -0.0876. The zero-order valence-corrected chi connectivity index (χ0v) is 11.9. The molecule has 1 amide bonds. The molecule has 18 heavy (non-hydrogen) atoms. The standard InChI is InChI=1S/C14H20ClNO2/c1-11(2)12-4-6-13(7-5-12)18-9-8-16(3)14(17)10-15/h4-7,11H,8-10H2,1-3H3. The van der Waals surface area contributed by atoms with Gasteiger partial charge < -0.3 is 9.64 Å². The second-order valence-corrected chi connectivity index (χ2v) is 4.79. The van der Waals surface area contributed by atoms with Crippen LogP contribution in [0.4, 0.5) is 0 Å². The SMILES string of the molecule is CC(C)c1ccc(OCCN(C)C(=O)CCl)cc1. The van der Waals surface area contributed by atoms with Gasteiger partial charge in [0.25, 0.3) is 0 Å². The van der Waals surface area contributed by atoms with Gasteiger partial charge in [0.05, 0.1) is 6.54 Å². The van der Waals surface area contributed by atoms with Crippen LogP contribution in [0.5, 0.6) is 5.75 Å². The Hall–Kier alpha value is -1.22. The Morgan fingerprint density at radius 3 is 2.44 bits per heavy atom. The number of alkyl halides is 1. The molecule has 0 unspecified atom stereocenters. The van der Waals surface area contributed by atoms with Gasteiger partial charge in [-0.25, -0.2) is 0 Å². The Kier molecular flexibility index (Phi) is 5.99. The molecule has 0 N–H and O–H groups in total. The van der Waals surface area contributed by atoms with Crippen molar-refractivity contribution in [1.82, 2.24) is 4.90 Å². The van der Waals surface area contributed by atoms with Crippen molar-refractivity contribution in [2.24, 2.45) is 0 Å². The number of carbonyl (C=O) groups excluding carboxylic acids is 1. The van der Waals surface area contributed by atoms with Crippen molar-refractivity contribution in [3.8, 4) is 5.75 Å². The monoisotopic (exact) mass is 269 g/mol. The summed E-state index contributed by atoms with van der Waals surface area (Å²) < 4.78 is 5.57. The van der Waals surface area contributed by atoms with E-state index in [1.807, 2.05) is 12.1 Å². The molecule has 1 aromatic rings. The highest BCUT2D eigenvalue weighted by atomic mass is 35.5. The van der Waals surface area contributed by atoms with E-state index >= 15 is 0 Å². The van der Waals surface area contributed by atoms with Crippen molar-refractivity contribution in [3.05, 3.63) is 29.8 Å². The van der Waals surface area contributed by atoms with Crippen LogP contribution in [-0.2, 0) is 4.79 Å². The second kappa shape index (κ2) is 7.27. The Morgan fingerprint density at radius 2 is 1.94 bits per heavy atom. The number of benzene rings is 1. The van der Waals surface area contributed by atoms with Crippen LogP contribution in [0.2, 0.25) is 0 Å². The molecular weight excluding hydrogens is 250 g/mol. The van der Waals surface area contributed by atoms with E-state index in [4.69, 9.17) is 16.3 Å². The van der Waals surface area contributed by atoms with E-state index in [2.05, 4.69) is 26.0 Å². The lowest BCUT2D eigenvalue weighted by Gasteiger charge is -2.16. The topological polar surface area (TPSA) is 29.5 Å². The van der Waals surface area contributed by atoms with E-state index in [9.17, 15) is 4.79 Å². The van der Waals surface area contributed by atoms with Gasteiger partial charge in [-0.3, -0.25) is 4.79 Å². The minimum Gasteiger partial charge on any atom is -0.492 e. The van der Waals surface area contributed by atoms with Crippen LogP contribution < -0.4 is 4.74 Å². The Balaban J connectivity index is 2.38. The Bertz CT molecular complexity index is 376. The number of halogens is 1. The first-order valence-corrected chi connectivity index (χ1v) is 6.60. The van der Waals surface area contributed by atoms with Gasteiger partial charge in [-0.05, 0) is 23.6 Å². The van der Waals surface area contributed by atoms with Gasteiger partial charge in [-0.2, -0.15) is 0 Å². The normalized spacial score (nSPS) is 10.5. The number of hydrogen-bond acceptors (Lipinski definition) is 2. The molecule has 0 fully saturated rings. The van der Waals surface area contributed by atoms with Gasteiger partial charge in [-0.15, -0.1) is 11.6 Å². The molecule has 0 bridgehead atoms. The average Bonchev–Trinajstić information content (AvgIpc) is 2.38. The third-order valence-electron chi connectivity index (χ3n) is 2.78. The molecule has 4 heteroatoms. The van der Waals surface area contributed by atoms with Gasteiger partial charge in [0.15, 0.2) is 0 Å². The lowest BCUT2D eigenvalue weighted by atomic mass is 10.0. The van der Waals surface area contributed by atoms with Crippen LogP contribution in [0.15, 0.2) is 24.3 Å². The van der Waals surface area contributed by atoms with Crippen molar-refractivity contribution < 1.29 is 9.53 Å². The highest BCUT2D eigenvalue weighted by Crippen LogP contribution is 2.18. The highest BCUT2D eigenvalue weighted by Gasteiger charge is 2.06. The van der Waals surface area contributed by atoms with Crippen molar-refractivity contribution in [2.45, 2.75) is 19.8 Å². The number of hydrogen-bond donors (Lipinski definition) is 0. The number of carbonyl (C=O) groups is 1. The first-order valence-electron chi connectivity index (χ1n) is 6.07. The summed E-state index contributed by atoms with van der Waals surface area (Å²) in [7, 11) is 1.72. The first-order chi connectivity index (χ1) is 8.54. The molecule has 1 rings (SSSR count). The molecule has 0 saturated carbocycles. The molecule has 0 heterocycles. The molecule has 0 aromatic heterocycles. The van der Waals surface area contributed by atoms with E-state index in [1.54, 1.807) is 11.9 Å². The van der Waals surface area contributed by atoms with E-state index in [1.165, 1.54) is 5.56 Å². The van der Waals surface area contributed by atoms with Crippen LogP contribution in [0, 0.1) is 0 Å². The molecule has 3 nitrogen and oxygen atoms in total. The van der Waals surface area contributed by atoms with Crippen LogP contribution >= 0.6 is 11.6 Å². The smallest absolute Gasteiger partial charge is 0.237 e. The third kappa shape index (κ3) is 4.57. The molecule has 0 aliphatic carbocycles. The van der Waals surface area contributed by atoms with Gasteiger partial charge in [-0.1, -0.05) is 26.0 Å². The summed E-state index contributed by atoms with van der Waals surface area (Å²) in [6.45, 7) is 5.32. The van der Waals surface area contributed by atoms with Crippen molar-refractivity contribution in [3.63, 3.8) is 0 Å². The fourth-order valence-corrected chi connectivity index (χ4v) is 1.68. The van der Waals surface area contributed by atoms with E-state index < -0.39 is 0 Å². The highest BCUT2D eigenvalue weighted by molar-refractivity contribution is 6.27. The predicted octanol–water partition coefficient (Wildman–Crippen LogP) is 2.89. The van der Waals surface area contributed by atoms with Crippen LogP contribution in [0.3, 0.4) is 0 Å². The Labute approximate surface area is 114 Å². The van der Waals surface area contributed by atoms with E-state index in [0.29, 0.717) is 19.1 Å². The van der Waals surface area contributed by atoms with Crippen LogP contribution in [-0.4, -0.2) is 36.9 Å². The second-order valence-electron chi connectivity index (χ2n) is 4.52. The molecule has 0 spiro atoms. The van der Waals surface area contributed by atoms with Gasteiger partial charge in [0.2, 0.25) is 5.91 Å². The maximum absolute atomic E-state index is 11.2. The molecule has 0 radical (unpaired) electrons. The van der Waals surface area contributed by atoms with E-state index in [-0.39, 0.29) is 11.8 Å². The summed E-state index contributed by atoms with van der Waals surface area (Å²) in [5.74, 6) is 1.27. The molecule has 1 aromatic carbocycles. The van der Waals surface area contributed by atoms with Crippen molar-refractivity contribution in [1.29, 1.82) is 0 Å². The van der Waals surface area contributed by atoms with E-state index in [0.717, 1.165) is 5.75 Å².